The minimum atomic E-state index is 0.609. The van der Waals surface area contributed by atoms with E-state index in [-0.39, 0.29) is 0 Å². The van der Waals surface area contributed by atoms with Crippen LogP contribution >= 0.6 is 0 Å². The van der Waals surface area contributed by atoms with Crippen LogP contribution in [0.5, 0.6) is 5.75 Å². The molecule has 6 heteroatoms. The molecule has 0 aliphatic rings. The molecule has 0 saturated carbocycles. The number of anilines is 3. The van der Waals surface area contributed by atoms with Crippen LogP contribution in [-0.2, 0) is 6.42 Å². The van der Waals surface area contributed by atoms with Crippen molar-refractivity contribution >= 4 is 28.4 Å². The normalized spacial score (nSPS) is 10.8. The first-order valence-electron chi connectivity index (χ1n) is 9.27. The Bertz CT molecular complexity index is 1090. The lowest BCUT2D eigenvalue weighted by atomic mass is 10.1. The zero-order valence-corrected chi connectivity index (χ0v) is 16.0. The van der Waals surface area contributed by atoms with Crippen LogP contribution in [0.25, 0.3) is 10.9 Å². The number of ether oxygens (including phenoxy) is 1. The highest BCUT2D eigenvalue weighted by Crippen LogP contribution is 2.26. The zero-order valence-electron chi connectivity index (χ0n) is 16.0. The second-order valence-corrected chi connectivity index (χ2v) is 6.58. The van der Waals surface area contributed by atoms with Crippen molar-refractivity contribution in [2.24, 2.45) is 0 Å². The number of H-pyrrole nitrogens is 1. The van der Waals surface area contributed by atoms with E-state index in [1.165, 1.54) is 10.9 Å². The van der Waals surface area contributed by atoms with E-state index in [1.54, 1.807) is 7.11 Å². The summed E-state index contributed by atoms with van der Waals surface area (Å²) in [5.74, 6) is 2.11. The van der Waals surface area contributed by atoms with Gasteiger partial charge in [0, 0.05) is 35.4 Å². The molecule has 2 heterocycles. The van der Waals surface area contributed by atoms with E-state index in [9.17, 15) is 0 Å². The predicted octanol–water partition coefficient (Wildman–Crippen LogP) is 4.67. The highest BCUT2D eigenvalue weighted by Gasteiger charge is 2.07. The van der Waals surface area contributed by atoms with Gasteiger partial charge in [-0.15, -0.1) is 0 Å². The van der Waals surface area contributed by atoms with E-state index in [0.29, 0.717) is 5.95 Å². The molecular weight excluding hydrogens is 350 g/mol. The van der Waals surface area contributed by atoms with E-state index < -0.39 is 0 Å². The molecule has 0 atom stereocenters. The smallest absolute Gasteiger partial charge is 0.224 e. The summed E-state index contributed by atoms with van der Waals surface area (Å²) >= 11 is 0. The van der Waals surface area contributed by atoms with Crippen LogP contribution in [0.1, 0.15) is 11.3 Å². The molecule has 4 aromatic rings. The molecule has 0 saturated heterocycles. The number of fused-ring (bicyclic) bond motifs is 1. The van der Waals surface area contributed by atoms with Crippen molar-refractivity contribution < 1.29 is 4.74 Å². The number of nitrogens with zero attached hydrogens (tertiary/aromatic N) is 2. The van der Waals surface area contributed by atoms with Crippen molar-refractivity contribution in [3.05, 3.63) is 72.1 Å². The number of aromatic nitrogens is 3. The lowest BCUT2D eigenvalue weighted by Crippen LogP contribution is -2.09. The van der Waals surface area contributed by atoms with Gasteiger partial charge in [0.15, 0.2) is 0 Å². The van der Waals surface area contributed by atoms with Crippen LogP contribution in [0.2, 0.25) is 0 Å². The number of hydrogen-bond acceptors (Lipinski definition) is 5. The number of nitrogens with one attached hydrogen (secondary N) is 3. The topological polar surface area (TPSA) is 74.9 Å². The number of hydrogen-bond donors (Lipinski definition) is 3. The first kappa shape index (κ1) is 17.9. The van der Waals surface area contributed by atoms with Gasteiger partial charge in [0.25, 0.3) is 0 Å². The molecule has 28 heavy (non-hydrogen) atoms. The van der Waals surface area contributed by atoms with Crippen molar-refractivity contribution in [3.63, 3.8) is 0 Å². The van der Waals surface area contributed by atoms with Crippen LogP contribution in [-0.4, -0.2) is 28.6 Å². The highest BCUT2D eigenvalue weighted by molar-refractivity contribution is 5.83. The summed E-state index contributed by atoms with van der Waals surface area (Å²) in [5, 5.41) is 7.90. The van der Waals surface area contributed by atoms with Crippen LogP contribution in [0.15, 0.2) is 60.8 Å². The van der Waals surface area contributed by atoms with Gasteiger partial charge in [-0.1, -0.05) is 30.3 Å². The fourth-order valence-electron chi connectivity index (χ4n) is 3.24. The molecule has 3 N–H and O–H groups in total. The average molecular weight is 373 g/mol. The fraction of sp³-hybridized carbons (Fsp3) is 0.182. The van der Waals surface area contributed by atoms with Crippen LogP contribution in [0, 0.1) is 6.92 Å². The quantitative estimate of drug-likeness (QED) is 0.439. The Balaban J connectivity index is 1.45. The van der Waals surface area contributed by atoms with Gasteiger partial charge in [-0.3, -0.25) is 0 Å². The van der Waals surface area contributed by atoms with Gasteiger partial charge in [0.1, 0.15) is 11.6 Å². The second kappa shape index (κ2) is 8.00. The van der Waals surface area contributed by atoms with Crippen molar-refractivity contribution in [1.29, 1.82) is 0 Å². The largest absolute Gasteiger partial charge is 0.495 e. The summed E-state index contributed by atoms with van der Waals surface area (Å²) in [4.78, 5) is 12.4. The lowest BCUT2D eigenvalue weighted by Gasteiger charge is -2.12. The zero-order chi connectivity index (χ0) is 19.3. The molecule has 142 valence electrons. The van der Waals surface area contributed by atoms with Gasteiger partial charge in [0.2, 0.25) is 5.95 Å². The molecule has 0 amide bonds. The summed E-state index contributed by atoms with van der Waals surface area (Å²) in [5.41, 5.74) is 4.20. The molecule has 0 aliphatic carbocycles. The molecule has 0 unspecified atom stereocenters. The fourth-order valence-corrected chi connectivity index (χ4v) is 3.24. The molecule has 2 aromatic heterocycles. The first-order valence-corrected chi connectivity index (χ1v) is 9.27. The minimum absolute atomic E-state index is 0.609. The third kappa shape index (κ3) is 3.91. The van der Waals surface area contributed by atoms with Gasteiger partial charge < -0.3 is 20.4 Å². The van der Waals surface area contributed by atoms with Gasteiger partial charge in [0.05, 0.1) is 12.8 Å². The summed E-state index contributed by atoms with van der Waals surface area (Å²) in [6.45, 7) is 2.71. The Morgan fingerprint density at radius 2 is 1.86 bits per heavy atom. The maximum Gasteiger partial charge on any atom is 0.224 e. The van der Waals surface area contributed by atoms with E-state index in [2.05, 4.69) is 50.0 Å². The van der Waals surface area contributed by atoms with Crippen LogP contribution in [0.3, 0.4) is 0 Å². The van der Waals surface area contributed by atoms with Gasteiger partial charge in [-0.25, -0.2) is 4.98 Å². The molecule has 4 rings (SSSR count). The Morgan fingerprint density at radius 1 is 1.04 bits per heavy atom. The summed E-state index contributed by atoms with van der Waals surface area (Å²) in [6, 6.07) is 18.0. The van der Waals surface area contributed by atoms with Crippen molar-refractivity contribution in [2.75, 3.05) is 24.3 Å². The second-order valence-electron chi connectivity index (χ2n) is 6.58. The summed E-state index contributed by atoms with van der Waals surface area (Å²) in [6.07, 6.45) is 2.95. The molecular formula is C22H23N5O. The SMILES string of the molecule is COc1ccccc1Nc1cc(C)nc(NCCc2c[nH]c3ccccc23)n1. The molecule has 0 spiro atoms. The number of aromatic amines is 1. The van der Waals surface area contributed by atoms with E-state index >= 15 is 0 Å². The van der Waals surface area contributed by atoms with Crippen LogP contribution < -0.4 is 15.4 Å². The summed E-state index contributed by atoms with van der Waals surface area (Å²) in [7, 11) is 1.66. The lowest BCUT2D eigenvalue weighted by molar-refractivity contribution is 0.417. The number of rotatable bonds is 7. The Morgan fingerprint density at radius 3 is 2.75 bits per heavy atom. The van der Waals surface area contributed by atoms with Crippen LogP contribution in [0.4, 0.5) is 17.5 Å². The van der Waals surface area contributed by atoms with E-state index in [4.69, 9.17) is 4.74 Å². The molecule has 0 radical (unpaired) electrons. The Hall–Kier alpha value is -3.54. The molecule has 0 fully saturated rings. The standard InChI is InChI=1S/C22H23N5O/c1-15-13-21(26-19-9-5-6-10-20(19)28-2)27-22(25-15)23-12-11-16-14-24-18-8-4-3-7-17(16)18/h3-10,13-14,24H,11-12H2,1-2H3,(H2,23,25,26,27). The van der Waals surface area contributed by atoms with E-state index in [1.807, 2.05) is 43.3 Å². The highest BCUT2D eigenvalue weighted by atomic mass is 16.5. The van der Waals surface area contributed by atoms with E-state index in [0.717, 1.165) is 41.4 Å². The van der Waals surface area contributed by atoms with Crippen molar-refractivity contribution in [2.45, 2.75) is 13.3 Å². The Kier molecular flexibility index (Phi) is 5.10. The molecule has 2 aromatic carbocycles. The maximum absolute atomic E-state index is 5.39. The molecule has 0 aliphatic heterocycles. The van der Waals surface area contributed by atoms with Gasteiger partial charge in [-0.05, 0) is 37.1 Å². The Labute approximate surface area is 164 Å². The first-order chi connectivity index (χ1) is 13.7. The third-order valence-electron chi connectivity index (χ3n) is 4.58. The number of benzene rings is 2. The van der Waals surface area contributed by atoms with Gasteiger partial charge in [-0.2, -0.15) is 4.98 Å². The van der Waals surface area contributed by atoms with Gasteiger partial charge >= 0.3 is 0 Å². The number of aryl methyl sites for hydroxylation is 1. The molecule has 0 bridgehead atoms. The monoisotopic (exact) mass is 373 g/mol. The number of para-hydroxylation sites is 3. The van der Waals surface area contributed by atoms with Crippen molar-refractivity contribution in [3.8, 4) is 5.75 Å². The van der Waals surface area contributed by atoms with Crippen molar-refractivity contribution in [1.82, 2.24) is 15.0 Å². The maximum atomic E-state index is 5.39. The average Bonchev–Trinajstić information content (AvgIpc) is 3.11. The summed E-state index contributed by atoms with van der Waals surface area (Å²) < 4.78 is 5.39. The minimum Gasteiger partial charge on any atom is -0.495 e. The number of methoxy groups -OCH3 is 1. The predicted molar refractivity (Wildman–Crippen MR) is 114 cm³/mol. The third-order valence-corrected chi connectivity index (χ3v) is 4.58. The molecule has 6 nitrogen and oxygen atoms in total.